The van der Waals surface area contributed by atoms with Gasteiger partial charge in [-0.25, -0.2) is 9.78 Å². The Kier molecular flexibility index (Phi) is 3.66. The molecule has 0 bridgehead atoms. The van der Waals surface area contributed by atoms with Crippen LogP contribution in [0, 0.1) is 5.92 Å². The molecule has 1 spiro atoms. The second kappa shape index (κ2) is 5.61. The van der Waals surface area contributed by atoms with E-state index in [0.29, 0.717) is 24.8 Å². The molecule has 0 aromatic carbocycles. The monoisotopic (exact) mass is 287 g/mol. The summed E-state index contributed by atoms with van der Waals surface area (Å²) in [6.45, 7) is 1.08. The van der Waals surface area contributed by atoms with E-state index in [1.165, 1.54) is 0 Å². The molecule has 1 aromatic rings. The molecule has 0 atom stereocenters. The SMILES string of the molecule is [N-]=[N+]=NC[C@H]1CC[C@]2(CC1)CN(c1ccccn1)C(=O)O2. The first kappa shape index (κ1) is 13.7. The van der Waals surface area contributed by atoms with E-state index < -0.39 is 5.60 Å². The third kappa shape index (κ3) is 2.78. The molecule has 3 rings (SSSR count). The molecule has 21 heavy (non-hydrogen) atoms. The summed E-state index contributed by atoms with van der Waals surface area (Å²) in [5.41, 5.74) is 7.97. The molecule has 2 aliphatic rings. The van der Waals surface area contributed by atoms with Crippen LogP contribution in [0.1, 0.15) is 25.7 Å². The fourth-order valence-corrected chi connectivity index (χ4v) is 3.11. The average Bonchev–Trinajstić information content (AvgIpc) is 2.84. The highest BCUT2D eigenvalue weighted by atomic mass is 16.6. The number of anilines is 1. The molecule has 1 aromatic heterocycles. The molecule has 2 fully saturated rings. The normalized spacial score (nSPS) is 28.3. The number of amides is 1. The first-order valence-corrected chi connectivity index (χ1v) is 7.15. The van der Waals surface area contributed by atoms with Crippen molar-refractivity contribution in [2.75, 3.05) is 18.0 Å². The van der Waals surface area contributed by atoms with Gasteiger partial charge >= 0.3 is 6.09 Å². The zero-order chi connectivity index (χ0) is 14.7. The van der Waals surface area contributed by atoms with Crippen LogP contribution < -0.4 is 4.90 Å². The van der Waals surface area contributed by atoms with E-state index >= 15 is 0 Å². The molecular formula is C14H17N5O2. The maximum atomic E-state index is 12.1. The summed E-state index contributed by atoms with van der Waals surface area (Å²) in [5.74, 6) is 1.03. The van der Waals surface area contributed by atoms with Crippen LogP contribution in [0.2, 0.25) is 0 Å². The van der Waals surface area contributed by atoms with Crippen molar-refractivity contribution in [1.29, 1.82) is 0 Å². The van der Waals surface area contributed by atoms with Gasteiger partial charge < -0.3 is 4.74 Å². The number of hydrogen-bond donors (Lipinski definition) is 0. The molecule has 7 nitrogen and oxygen atoms in total. The highest BCUT2D eigenvalue weighted by molar-refractivity contribution is 5.89. The van der Waals surface area contributed by atoms with Crippen molar-refractivity contribution in [3.8, 4) is 0 Å². The molecule has 0 radical (unpaired) electrons. The summed E-state index contributed by atoms with van der Waals surface area (Å²) in [6.07, 6.45) is 4.82. The van der Waals surface area contributed by atoms with Gasteiger partial charge in [0.1, 0.15) is 11.4 Å². The molecule has 2 heterocycles. The van der Waals surface area contributed by atoms with Gasteiger partial charge in [0.25, 0.3) is 0 Å². The van der Waals surface area contributed by atoms with Crippen molar-refractivity contribution in [3.05, 3.63) is 34.8 Å². The van der Waals surface area contributed by atoms with Gasteiger partial charge in [0.15, 0.2) is 0 Å². The van der Waals surface area contributed by atoms with E-state index in [2.05, 4.69) is 15.0 Å². The Morgan fingerprint density at radius 2 is 2.29 bits per heavy atom. The number of nitrogens with zero attached hydrogens (tertiary/aromatic N) is 5. The van der Waals surface area contributed by atoms with E-state index in [0.717, 1.165) is 25.7 Å². The number of azide groups is 1. The molecular weight excluding hydrogens is 270 g/mol. The van der Waals surface area contributed by atoms with Gasteiger partial charge in [-0.1, -0.05) is 11.2 Å². The fraction of sp³-hybridized carbons (Fsp3) is 0.571. The number of aromatic nitrogens is 1. The number of ether oxygens (including phenoxy) is 1. The molecule has 1 saturated carbocycles. The average molecular weight is 287 g/mol. The van der Waals surface area contributed by atoms with E-state index in [1.807, 2.05) is 18.2 Å². The first-order chi connectivity index (χ1) is 10.2. The van der Waals surface area contributed by atoms with Gasteiger partial charge in [-0.15, -0.1) is 0 Å². The number of rotatable bonds is 3. The van der Waals surface area contributed by atoms with Gasteiger partial charge in [0.2, 0.25) is 0 Å². The van der Waals surface area contributed by atoms with Crippen LogP contribution in [0.4, 0.5) is 10.6 Å². The zero-order valence-electron chi connectivity index (χ0n) is 11.7. The maximum Gasteiger partial charge on any atom is 0.416 e. The topological polar surface area (TPSA) is 91.2 Å². The Morgan fingerprint density at radius 1 is 1.48 bits per heavy atom. The third-order valence-corrected chi connectivity index (χ3v) is 4.32. The quantitative estimate of drug-likeness (QED) is 0.485. The van der Waals surface area contributed by atoms with Gasteiger partial charge in [0.05, 0.1) is 6.54 Å². The zero-order valence-corrected chi connectivity index (χ0v) is 11.7. The predicted molar refractivity (Wildman–Crippen MR) is 76.8 cm³/mol. The number of carbonyl (C=O) groups is 1. The number of hydrogen-bond acceptors (Lipinski definition) is 4. The molecule has 7 heteroatoms. The Bertz CT molecular complexity index is 562. The Hall–Kier alpha value is -2.27. The van der Waals surface area contributed by atoms with Gasteiger partial charge in [-0.3, -0.25) is 4.90 Å². The largest absolute Gasteiger partial charge is 0.441 e. The third-order valence-electron chi connectivity index (χ3n) is 4.32. The second-order valence-electron chi connectivity index (χ2n) is 5.68. The van der Waals surface area contributed by atoms with Crippen LogP contribution in [0.5, 0.6) is 0 Å². The Morgan fingerprint density at radius 3 is 2.95 bits per heavy atom. The standard InChI is InChI=1S/C14H17N5O2/c15-18-17-9-11-4-6-14(7-5-11)10-19(13(20)21-14)12-3-1-2-8-16-12/h1-3,8,11H,4-7,9-10H2/t11-,14-. The molecule has 1 aliphatic carbocycles. The van der Waals surface area contributed by atoms with E-state index in [1.54, 1.807) is 11.1 Å². The Balaban J connectivity index is 1.66. The fourth-order valence-electron chi connectivity index (χ4n) is 3.11. The number of carbonyl (C=O) groups excluding carboxylic acids is 1. The van der Waals surface area contributed by atoms with Crippen LogP contribution in [-0.2, 0) is 4.74 Å². The highest BCUT2D eigenvalue weighted by Crippen LogP contribution is 2.40. The van der Waals surface area contributed by atoms with Crippen molar-refractivity contribution in [3.63, 3.8) is 0 Å². The molecule has 0 N–H and O–H groups in total. The van der Waals surface area contributed by atoms with Crippen molar-refractivity contribution in [2.24, 2.45) is 11.0 Å². The van der Waals surface area contributed by atoms with Gasteiger partial charge in [-0.05, 0) is 49.3 Å². The van der Waals surface area contributed by atoms with Gasteiger partial charge in [-0.2, -0.15) is 0 Å². The van der Waals surface area contributed by atoms with Crippen molar-refractivity contribution in [2.45, 2.75) is 31.3 Å². The lowest BCUT2D eigenvalue weighted by molar-refractivity contribution is 0.0144. The lowest BCUT2D eigenvalue weighted by Gasteiger charge is -2.34. The van der Waals surface area contributed by atoms with E-state index in [-0.39, 0.29) is 6.09 Å². The predicted octanol–water partition coefficient (Wildman–Crippen LogP) is 3.28. The van der Waals surface area contributed by atoms with Crippen LogP contribution in [0.15, 0.2) is 29.5 Å². The summed E-state index contributed by atoms with van der Waals surface area (Å²) in [5, 5.41) is 3.64. The highest BCUT2D eigenvalue weighted by Gasteiger charge is 2.47. The first-order valence-electron chi connectivity index (χ1n) is 7.15. The summed E-state index contributed by atoms with van der Waals surface area (Å²) >= 11 is 0. The van der Waals surface area contributed by atoms with Crippen LogP contribution >= 0.6 is 0 Å². The summed E-state index contributed by atoms with van der Waals surface area (Å²) in [7, 11) is 0. The minimum absolute atomic E-state index is 0.317. The molecule has 0 unspecified atom stereocenters. The van der Waals surface area contributed by atoms with Crippen LogP contribution in [0.3, 0.4) is 0 Å². The summed E-state index contributed by atoms with van der Waals surface area (Å²) in [4.78, 5) is 20.7. The maximum absolute atomic E-state index is 12.1. The molecule has 110 valence electrons. The van der Waals surface area contributed by atoms with E-state index in [4.69, 9.17) is 10.3 Å². The lowest BCUT2D eigenvalue weighted by atomic mass is 9.79. The second-order valence-corrected chi connectivity index (χ2v) is 5.68. The van der Waals surface area contributed by atoms with Crippen LogP contribution in [-0.4, -0.2) is 29.8 Å². The van der Waals surface area contributed by atoms with Crippen molar-refractivity contribution < 1.29 is 9.53 Å². The summed E-state index contributed by atoms with van der Waals surface area (Å²) in [6, 6.07) is 5.49. The molecule has 1 saturated heterocycles. The minimum Gasteiger partial charge on any atom is -0.441 e. The van der Waals surface area contributed by atoms with Crippen molar-refractivity contribution >= 4 is 11.9 Å². The van der Waals surface area contributed by atoms with E-state index in [9.17, 15) is 4.79 Å². The lowest BCUT2D eigenvalue weighted by Crippen LogP contribution is -2.39. The Labute approximate surface area is 122 Å². The van der Waals surface area contributed by atoms with Crippen LogP contribution in [0.25, 0.3) is 10.4 Å². The van der Waals surface area contributed by atoms with Crippen molar-refractivity contribution in [1.82, 2.24) is 4.98 Å². The minimum atomic E-state index is -0.401. The molecule has 1 aliphatic heterocycles. The smallest absolute Gasteiger partial charge is 0.416 e. The van der Waals surface area contributed by atoms with Gasteiger partial charge in [0, 0.05) is 17.7 Å². The number of pyridine rings is 1. The summed E-state index contributed by atoms with van der Waals surface area (Å²) < 4.78 is 5.65. The molecule has 1 amide bonds.